The molecule has 14 heavy (non-hydrogen) atoms. The number of nitrogen functional groups attached to an aromatic ring is 1. The van der Waals surface area contributed by atoms with Crippen LogP contribution in [0, 0.1) is 0 Å². The van der Waals surface area contributed by atoms with Crippen molar-refractivity contribution < 1.29 is 0 Å². The first kappa shape index (κ1) is 9.07. The Morgan fingerprint density at radius 3 is 2.21 bits per heavy atom. The van der Waals surface area contributed by atoms with Crippen molar-refractivity contribution >= 4 is 16.5 Å². The van der Waals surface area contributed by atoms with Gasteiger partial charge in [-0.15, -0.1) is 0 Å². The SMILES string of the molecule is CC(C)c1ccc(N)c2ccccc12. The summed E-state index contributed by atoms with van der Waals surface area (Å²) in [5, 5.41) is 2.45. The van der Waals surface area contributed by atoms with Crippen LogP contribution in [0.5, 0.6) is 0 Å². The van der Waals surface area contributed by atoms with Crippen LogP contribution >= 0.6 is 0 Å². The predicted molar refractivity (Wildman–Crippen MR) is 62.4 cm³/mol. The van der Waals surface area contributed by atoms with Gasteiger partial charge in [-0.1, -0.05) is 44.2 Å². The Labute approximate surface area is 84.5 Å². The molecule has 0 radical (unpaired) electrons. The van der Waals surface area contributed by atoms with E-state index in [2.05, 4.69) is 38.1 Å². The Morgan fingerprint density at radius 1 is 0.929 bits per heavy atom. The van der Waals surface area contributed by atoms with Gasteiger partial charge in [-0.05, 0) is 22.9 Å². The van der Waals surface area contributed by atoms with Crippen molar-refractivity contribution in [2.24, 2.45) is 0 Å². The molecule has 2 aromatic carbocycles. The summed E-state index contributed by atoms with van der Waals surface area (Å²) in [6, 6.07) is 12.4. The molecule has 0 spiro atoms. The minimum absolute atomic E-state index is 0.542. The third kappa shape index (κ3) is 1.35. The number of anilines is 1. The van der Waals surface area contributed by atoms with E-state index in [4.69, 9.17) is 5.73 Å². The molecule has 0 bridgehead atoms. The van der Waals surface area contributed by atoms with E-state index in [-0.39, 0.29) is 0 Å². The summed E-state index contributed by atoms with van der Waals surface area (Å²) in [5.41, 5.74) is 8.16. The molecule has 0 aliphatic rings. The van der Waals surface area contributed by atoms with E-state index < -0.39 is 0 Å². The van der Waals surface area contributed by atoms with Gasteiger partial charge in [0, 0.05) is 11.1 Å². The fourth-order valence-corrected chi connectivity index (χ4v) is 1.85. The van der Waals surface area contributed by atoms with Crippen LogP contribution in [-0.4, -0.2) is 0 Å². The molecule has 1 heteroatoms. The quantitative estimate of drug-likeness (QED) is 0.675. The molecule has 2 N–H and O–H groups in total. The van der Waals surface area contributed by atoms with Crippen molar-refractivity contribution in [1.29, 1.82) is 0 Å². The summed E-state index contributed by atoms with van der Waals surface area (Å²) in [6.45, 7) is 4.41. The zero-order chi connectivity index (χ0) is 10.1. The lowest BCUT2D eigenvalue weighted by Crippen LogP contribution is -1.93. The third-order valence-corrected chi connectivity index (χ3v) is 2.61. The van der Waals surface area contributed by atoms with Gasteiger partial charge in [0.1, 0.15) is 0 Å². The molecule has 0 saturated heterocycles. The van der Waals surface area contributed by atoms with Crippen LogP contribution in [0.15, 0.2) is 36.4 Å². The highest BCUT2D eigenvalue weighted by atomic mass is 14.5. The van der Waals surface area contributed by atoms with Crippen molar-refractivity contribution in [3.8, 4) is 0 Å². The largest absolute Gasteiger partial charge is 0.398 e. The van der Waals surface area contributed by atoms with Gasteiger partial charge in [0.05, 0.1) is 0 Å². The van der Waals surface area contributed by atoms with Crippen molar-refractivity contribution in [3.05, 3.63) is 42.0 Å². The maximum absolute atomic E-state index is 5.93. The Morgan fingerprint density at radius 2 is 1.57 bits per heavy atom. The maximum atomic E-state index is 5.93. The summed E-state index contributed by atoms with van der Waals surface area (Å²) in [7, 11) is 0. The van der Waals surface area contributed by atoms with Crippen LogP contribution in [0.4, 0.5) is 5.69 Å². The first-order valence-corrected chi connectivity index (χ1v) is 4.97. The highest BCUT2D eigenvalue weighted by molar-refractivity contribution is 5.95. The van der Waals surface area contributed by atoms with Crippen LogP contribution in [-0.2, 0) is 0 Å². The summed E-state index contributed by atoms with van der Waals surface area (Å²) >= 11 is 0. The molecular formula is C13H15N. The van der Waals surface area contributed by atoms with E-state index in [9.17, 15) is 0 Å². The molecule has 0 unspecified atom stereocenters. The van der Waals surface area contributed by atoms with Gasteiger partial charge in [-0.2, -0.15) is 0 Å². The minimum Gasteiger partial charge on any atom is -0.398 e. The van der Waals surface area contributed by atoms with Crippen molar-refractivity contribution in [1.82, 2.24) is 0 Å². The highest BCUT2D eigenvalue weighted by Gasteiger charge is 2.05. The molecule has 2 aromatic rings. The van der Waals surface area contributed by atoms with E-state index in [0.717, 1.165) is 5.69 Å². The highest BCUT2D eigenvalue weighted by Crippen LogP contribution is 2.28. The third-order valence-electron chi connectivity index (χ3n) is 2.61. The van der Waals surface area contributed by atoms with Gasteiger partial charge in [0.2, 0.25) is 0 Å². The Hall–Kier alpha value is -1.50. The molecule has 0 aromatic heterocycles. The molecule has 1 nitrogen and oxygen atoms in total. The van der Waals surface area contributed by atoms with Gasteiger partial charge >= 0.3 is 0 Å². The summed E-state index contributed by atoms with van der Waals surface area (Å²) in [5.74, 6) is 0.542. The topological polar surface area (TPSA) is 26.0 Å². The second-order valence-electron chi connectivity index (χ2n) is 3.94. The van der Waals surface area contributed by atoms with Crippen molar-refractivity contribution in [2.75, 3.05) is 5.73 Å². The van der Waals surface area contributed by atoms with Gasteiger partial charge in [-0.25, -0.2) is 0 Å². The number of fused-ring (bicyclic) bond motifs is 1. The number of benzene rings is 2. The average Bonchev–Trinajstić information content (AvgIpc) is 2.18. The number of nitrogens with two attached hydrogens (primary N) is 1. The van der Waals surface area contributed by atoms with Gasteiger partial charge < -0.3 is 5.73 Å². The molecule has 0 fully saturated rings. The van der Waals surface area contributed by atoms with E-state index in [1.165, 1.54) is 16.3 Å². The zero-order valence-electron chi connectivity index (χ0n) is 8.62. The number of hydrogen-bond acceptors (Lipinski definition) is 1. The Bertz CT molecular complexity index is 458. The van der Waals surface area contributed by atoms with Gasteiger partial charge in [-0.3, -0.25) is 0 Å². The molecule has 0 aliphatic carbocycles. The van der Waals surface area contributed by atoms with Crippen molar-refractivity contribution in [2.45, 2.75) is 19.8 Å². The minimum atomic E-state index is 0.542. The van der Waals surface area contributed by atoms with E-state index in [1.807, 2.05) is 12.1 Å². The molecule has 0 aliphatic heterocycles. The summed E-state index contributed by atoms with van der Waals surface area (Å²) in [6.07, 6.45) is 0. The molecule has 0 heterocycles. The van der Waals surface area contributed by atoms with Crippen LogP contribution in [0.1, 0.15) is 25.3 Å². The van der Waals surface area contributed by atoms with Crippen LogP contribution in [0.2, 0.25) is 0 Å². The van der Waals surface area contributed by atoms with Crippen LogP contribution < -0.4 is 5.73 Å². The van der Waals surface area contributed by atoms with Gasteiger partial charge in [0.15, 0.2) is 0 Å². The van der Waals surface area contributed by atoms with Crippen LogP contribution in [0.3, 0.4) is 0 Å². The standard InChI is InChI=1S/C13H15N/c1-9(2)10-7-8-13(14)12-6-4-3-5-11(10)12/h3-9H,14H2,1-2H3. The molecule has 0 atom stereocenters. The van der Waals surface area contributed by atoms with E-state index in [0.29, 0.717) is 5.92 Å². The van der Waals surface area contributed by atoms with Crippen LogP contribution in [0.25, 0.3) is 10.8 Å². The second kappa shape index (κ2) is 3.33. The summed E-state index contributed by atoms with van der Waals surface area (Å²) < 4.78 is 0. The maximum Gasteiger partial charge on any atom is 0.0393 e. The average molecular weight is 185 g/mol. The molecule has 0 amide bonds. The summed E-state index contributed by atoms with van der Waals surface area (Å²) in [4.78, 5) is 0. The fourth-order valence-electron chi connectivity index (χ4n) is 1.85. The number of hydrogen-bond donors (Lipinski definition) is 1. The van der Waals surface area contributed by atoms with E-state index >= 15 is 0 Å². The Kier molecular flexibility index (Phi) is 2.16. The lowest BCUT2D eigenvalue weighted by atomic mass is 9.95. The number of rotatable bonds is 1. The molecule has 2 rings (SSSR count). The first-order valence-electron chi connectivity index (χ1n) is 4.97. The molecular weight excluding hydrogens is 170 g/mol. The lowest BCUT2D eigenvalue weighted by molar-refractivity contribution is 0.876. The van der Waals surface area contributed by atoms with Gasteiger partial charge in [0.25, 0.3) is 0 Å². The lowest BCUT2D eigenvalue weighted by Gasteiger charge is -2.11. The predicted octanol–water partition coefficient (Wildman–Crippen LogP) is 3.55. The molecule has 72 valence electrons. The Balaban J connectivity index is 2.82. The second-order valence-corrected chi connectivity index (χ2v) is 3.94. The van der Waals surface area contributed by atoms with Crippen molar-refractivity contribution in [3.63, 3.8) is 0 Å². The normalized spacial score (nSPS) is 11.1. The fraction of sp³-hybridized carbons (Fsp3) is 0.231. The zero-order valence-corrected chi connectivity index (χ0v) is 8.62. The smallest absolute Gasteiger partial charge is 0.0393 e. The first-order chi connectivity index (χ1) is 6.70. The monoisotopic (exact) mass is 185 g/mol. The van der Waals surface area contributed by atoms with E-state index in [1.54, 1.807) is 0 Å². The molecule has 0 saturated carbocycles.